The molecule has 9 heteroatoms. The molecule has 0 aliphatic carbocycles. The highest BCUT2D eigenvalue weighted by atomic mass is 32.2. The predicted molar refractivity (Wildman–Crippen MR) is 91.5 cm³/mol. The Morgan fingerprint density at radius 3 is 2.70 bits per heavy atom. The zero-order valence-electron chi connectivity index (χ0n) is 13.7. The van der Waals surface area contributed by atoms with Gasteiger partial charge < -0.3 is 19.7 Å². The molecule has 1 saturated heterocycles. The Bertz CT molecular complexity index is 416. The maximum absolute atomic E-state index is 12.5. The molecule has 1 fully saturated rings. The summed E-state index contributed by atoms with van der Waals surface area (Å²) in [5.41, 5.74) is 0. The number of esters is 1. The first-order valence-electron chi connectivity index (χ1n) is 7.48. The SMILES string of the molecule is CCOC(=O)[C@H](C)OC(=O)N[C@@H](CCSC)C(=O)N1CCSC1. The summed E-state index contributed by atoms with van der Waals surface area (Å²) < 4.78 is 9.76. The van der Waals surface area contributed by atoms with E-state index in [0.29, 0.717) is 18.8 Å². The molecule has 0 radical (unpaired) electrons. The second kappa shape index (κ2) is 10.6. The fraction of sp³-hybridized carbons (Fsp3) is 0.786. The Kier molecular flexibility index (Phi) is 9.23. The molecule has 0 aromatic carbocycles. The van der Waals surface area contributed by atoms with Crippen molar-refractivity contribution in [2.75, 3.05) is 36.8 Å². The molecule has 7 nitrogen and oxygen atoms in total. The van der Waals surface area contributed by atoms with Crippen LogP contribution in [-0.2, 0) is 19.1 Å². The van der Waals surface area contributed by atoms with Gasteiger partial charge in [0.2, 0.25) is 5.91 Å². The van der Waals surface area contributed by atoms with Gasteiger partial charge >= 0.3 is 12.1 Å². The summed E-state index contributed by atoms with van der Waals surface area (Å²) in [6.45, 7) is 4.02. The Morgan fingerprint density at radius 1 is 1.39 bits per heavy atom. The third-order valence-electron chi connectivity index (χ3n) is 3.17. The number of hydrogen-bond acceptors (Lipinski definition) is 7. The average molecular weight is 364 g/mol. The van der Waals surface area contributed by atoms with E-state index in [9.17, 15) is 14.4 Å². The van der Waals surface area contributed by atoms with E-state index in [1.807, 2.05) is 6.26 Å². The monoisotopic (exact) mass is 364 g/mol. The van der Waals surface area contributed by atoms with Crippen LogP contribution in [0.2, 0.25) is 0 Å². The van der Waals surface area contributed by atoms with Gasteiger partial charge in [0.25, 0.3) is 0 Å². The largest absolute Gasteiger partial charge is 0.463 e. The van der Waals surface area contributed by atoms with Crippen molar-refractivity contribution >= 4 is 41.5 Å². The van der Waals surface area contributed by atoms with Crippen LogP contribution in [0.4, 0.5) is 4.79 Å². The summed E-state index contributed by atoms with van der Waals surface area (Å²) >= 11 is 3.29. The Labute approximate surface area is 145 Å². The Hall–Kier alpha value is -1.09. The van der Waals surface area contributed by atoms with Gasteiger partial charge in [-0.25, -0.2) is 9.59 Å². The van der Waals surface area contributed by atoms with Gasteiger partial charge in [-0.15, -0.1) is 11.8 Å². The molecule has 2 amide bonds. The molecule has 0 unspecified atom stereocenters. The van der Waals surface area contributed by atoms with E-state index in [0.717, 1.165) is 11.5 Å². The van der Waals surface area contributed by atoms with E-state index in [4.69, 9.17) is 9.47 Å². The highest BCUT2D eigenvalue weighted by Crippen LogP contribution is 2.16. The second-order valence-corrected chi connectivity index (χ2v) is 6.98. The van der Waals surface area contributed by atoms with E-state index in [2.05, 4.69) is 5.32 Å². The fourth-order valence-electron chi connectivity index (χ4n) is 1.95. The third kappa shape index (κ3) is 6.90. The second-order valence-electron chi connectivity index (χ2n) is 4.92. The lowest BCUT2D eigenvalue weighted by molar-refractivity contribution is -0.152. The molecule has 0 spiro atoms. The highest BCUT2D eigenvalue weighted by Gasteiger charge is 2.29. The van der Waals surface area contributed by atoms with Gasteiger partial charge in [0, 0.05) is 12.3 Å². The Balaban J connectivity index is 2.55. The summed E-state index contributed by atoms with van der Waals surface area (Å²) in [6, 6.07) is -0.636. The van der Waals surface area contributed by atoms with Gasteiger partial charge in [-0.1, -0.05) is 0 Å². The lowest BCUT2D eigenvalue weighted by atomic mass is 10.2. The van der Waals surface area contributed by atoms with Crippen LogP contribution in [0, 0.1) is 0 Å². The van der Waals surface area contributed by atoms with Crippen molar-refractivity contribution in [3.05, 3.63) is 0 Å². The standard InChI is InChI=1S/C14H24N2O5S2/c1-4-20-13(18)10(2)21-14(19)15-11(5-7-22-3)12(17)16-6-8-23-9-16/h10-11H,4-9H2,1-3H3,(H,15,19)/t10-,11-/m0/s1. The van der Waals surface area contributed by atoms with Gasteiger partial charge in [0.15, 0.2) is 6.10 Å². The molecule has 1 rings (SSSR count). The van der Waals surface area contributed by atoms with E-state index >= 15 is 0 Å². The van der Waals surface area contributed by atoms with Crippen molar-refractivity contribution < 1.29 is 23.9 Å². The van der Waals surface area contributed by atoms with Crippen LogP contribution < -0.4 is 5.32 Å². The van der Waals surface area contributed by atoms with E-state index in [1.165, 1.54) is 6.92 Å². The number of ether oxygens (including phenoxy) is 2. The summed E-state index contributed by atoms with van der Waals surface area (Å²) in [6.07, 6.45) is 0.670. The van der Waals surface area contributed by atoms with Crippen LogP contribution in [0.5, 0.6) is 0 Å². The zero-order valence-corrected chi connectivity index (χ0v) is 15.3. The minimum absolute atomic E-state index is 0.107. The number of rotatable bonds is 8. The number of nitrogens with one attached hydrogen (secondary N) is 1. The molecule has 1 aliphatic heterocycles. The molecule has 23 heavy (non-hydrogen) atoms. The quantitative estimate of drug-likeness (QED) is 0.650. The molecule has 2 atom stereocenters. The van der Waals surface area contributed by atoms with Gasteiger partial charge in [-0.2, -0.15) is 11.8 Å². The molecular formula is C14H24N2O5S2. The number of carbonyl (C=O) groups excluding carboxylic acids is 3. The van der Waals surface area contributed by atoms with Gasteiger partial charge in [-0.3, -0.25) is 4.79 Å². The zero-order chi connectivity index (χ0) is 17.2. The maximum atomic E-state index is 12.5. The van der Waals surface area contributed by atoms with Crippen molar-refractivity contribution in [2.24, 2.45) is 0 Å². The number of thioether (sulfide) groups is 2. The summed E-state index contributed by atoms with van der Waals surface area (Å²) in [4.78, 5) is 37.6. The van der Waals surface area contributed by atoms with Crippen molar-refractivity contribution in [3.8, 4) is 0 Å². The third-order valence-corrected chi connectivity index (χ3v) is 4.78. The molecule has 0 aromatic heterocycles. The van der Waals surface area contributed by atoms with E-state index in [1.54, 1.807) is 35.3 Å². The fourth-order valence-corrected chi connectivity index (χ4v) is 3.37. The van der Waals surface area contributed by atoms with E-state index < -0.39 is 24.2 Å². The molecule has 0 bridgehead atoms. The number of amides is 2. The molecule has 0 aromatic rings. The molecule has 1 heterocycles. The minimum Gasteiger partial charge on any atom is -0.463 e. The van der Waals surface area contributed by atoms with Crippen LogP contribution in [0.3, 0.4) is 0 Å². The number of carbonyl (C=O) groups is 3. The van der Waals surface area contributed by atoms with Crippen LogP contribution >= 0.6 is 23.5 Å². The lowest BCUT2D eigenvalue weighted by Gasteiger charge is -2.23. The summed E-state index contributed by atoms with van der Waals surface area (Å²) in [5, 5.41) is 2.57. The number of hydrogen-bond donors (Lipinski definition) is 1. The minimum atomic E-state index is -1.01. The lowest BCUT2D eigenvalue weighted by Crippen LogP contribution is -2.49. The average Bonchev–Trinajstić information content (AvgIpc) is 3.05. The Morgan fingerprint density at radius 2 is 2.13 bits per heavy atom. The van der Waals surface area contributed by atoms with Crippen molar-refractivity contribution in [1.82, 2.24) is 10.2 Å². The van der Waals surface area contributed by atoms with Gasteiger partial charge in [-0.05, 0) is 32.3 Å². The van der Waals surface area contributed by atoms with Crippen molar-refractivity contribution in [3.63, 3.8) is 0 Å². The van der Waals surface area contributed by atoms with Gasteiger partial charge in [0.05, 0.1) is 12.5 Å². The van der Waals surface area contributed by atoms with Crippen LogP contribution in [0.1, 0.15) is 20.3 Å². The normalized spacial score (nSPS) is 16.6. The summed E-state index contributed by atoms with van der Waals surface area (Å²) in [7, 11) is 0. The highest BCUT2D eigenvalue weighted by molar-refractivity contribution is 7.99. The van der Waals surface area contributed by atoms with E-state index in [-0.39, 0.29) is 12.5 Å². The first-order chi connectivity index (χ1) is 11.0. The van der Waals surface area contributed by atoms with Crippen LogP contribution in [0.25, 0.3) is 0 Å². The van der Waals surface area contributed by atoms with Crippen LogP contribution in [-0.4, -0.2) is 71.8 Å². The van der Waals surface area contributed by atoms with Crippen LogP contribution in [0.15, 0.2) is 0 Å². The predicted octanol–water partition coefficient (Wildman–Crippen LogP) is 1.32. The molecule has 1 aliphatic rings. The maximum Gasteiger partial charge on any atom is 0.408 e. The topological polar surface area (TPSA) is 84.9 Å². The number of nitrogens with zero attached hydrogens (tertiary/aromatic N) is 1. The molecule has 1 N–H and O–H groups in total. The smallest absolute Gasteiger partial charge is 0.408 e. The van der Waals surface area contributed by atoms with Crippen molar-refractivity contribution in [2.45, 2.75) is 32.4 Å². The first kappa shape index (κ1) is 20.0. The molecule has 132 valence electrons. The molecular weight excluding hydrogens is 340 g/mol. The van der Waals surface area contributed by atoms with Gasteiger partial charge in [0.1, 0.15) is 6.04 Å². The first-order valence-corrected chi connectivity index (χ1v) is 10.0. The summed E-state index contributed by atoms with van der Waals surface area (Å²) in [5.74, 6) is 1.58. The molecule has 0 saturated carbocycles. The number of alkyl carbamates (subject to hydrolysis) is 1. The van der Waals surface area contributed by atoms with Crippen molar-refractivity contribution in [1.29, 1.82) is 0 Å².